The van der Waals surface area contributed by atoms with E-state index in [4.69, 9.17) is 0 Å². The fraction of sp³-hybridized carbons (Fsp3) is 0.571. The molecule has 1 aliphatic heterocycles. The number of aliphatic hydroxyl groups is 1. The van der Waals surface area contributed by atoms with Crippen LogP contribution in [0.1, 0.15) is 37.3 Å². The largest absolute Gasteiger partial charge is 0.392 e. The maximum absolute atomic E-state index is 11.1. The van der Waals surface area contributed by atoms with E-state index in [0.717, 1.165) is 24.1 Å². The molecule has 1 fully saturated rings. The Hall–Kier alpha value is -1.46. The van der Waals surface area contributed by atoms with E-state index in [9.17, 15) is 15.2 Å². The van der Waals surface area contributed by atoms with Crippen LogP contribution in [-0.2, 0) is 6.54 Å². The quantitative estimate of drug-likeness (QED) is 0.669. The van der Waals surface area contributed by atoms with Crippen LogP contribution in [0.5, 0.6) is 0 Å². The second kappa shape index (κ2) is 5.67. The third kappa shape index (κ3) is 3.30. The van der Waals surface area contributed by atoms with Gasteiger partial charge in [0.1, 0.15) is 0 Å². The highest BCUT2D eigenvalue weighted by Gasteiger charge is 2.22. The fourth-order valence-electron chi connectivity index (χ4n) is 2.55. The summed E-state index contributed by atoms with van der Waals surface area (Å²) in [6, 6.07) is 5.47. The van der Waals surface area contributed by atoms with Crippen molar-refractivity contribution in [3.05, 3.63) is 39.4 Å². The van der Waals surface area contributed by atoms with E-state index in [1.54, 1.807) is 6.07 Å². The Bertz CT molecular complexity index is 474. The summed E-state index contributed by atoms with van der Waals surface area (Å²) in [5.41, 5.74) is 1.91. The fourth-order valence-corrected chi connectivity index (χ4v) is 2.55. The first-order valence-electron chi connectivity index (χ1n) is 6.65. The van der Waals surface area contributed by atoms with E-state index >= 15 is 0 Å². The van der Waals surface area contributed by atoms with Gasteiger partial charge < -0.3 is 5.11 Å². The number of aliphatic hydroxyl groups excluding tert-OH is 1. The first kappa shape index (κ1) is 14.0. The van der Waals surface area contributed by atoms with Crippen LogP contribution in [0.25, 0.3) is 0 Å². The van der Waals surface area contributed by atoms with Crippen molar-refractivity contribution in [2.24, 2.45) is 0 Å². The lowest BCUT2D eigenvalue weighted by atomic mass is 9.99. The number of likely N-dealkylation sites (tertiary alicyclic amines) is 1. The molecule has 104 valence electrons. The van der Waals surface area contributed by atoms with Crippen molar-refractivity contribution >= 4 is 5.69 Å². The number of β-amino-alcohol motifs (C(OH)–C–C–N with tert-alkyl or cyclic N) is 1. The predicted molar refractivity (Wildman–Crippen MR) is 73.1 cm³/mol. The summed E-state index contributed by atoms with van der Waals surface area (Å²) >= 11 is 0. The lowest BCUT2D eigenvalue weighted by Gasteiger charge is -2.15. The molecular weight excluding hydrogens is 244 g/mol. The van der Waals surface area contributed by atoms with Gasteiger partial charge in [0.25, 0.3) is 5.69 Å². The van der Waals surface area contributed by atoms with Crippen molar-refractivity contribution in [2.45, 2.75) is 38.8 Å². The van der Waals surface area contributed by atoms with Gasteiger partial charge in [0, 0.05) is 31.3 Å². The Kier molecular flexibility index (Phi) is 4.17. The van der Waals surface area contributed by atoms with Crippen LogP contribution in [0.2, 0.25) is 0 Å². The second-order valence-electron chi connectivity index (χ2n) is 5.48. The summed E-state index contributed by atoms with van der Waals surface area (Å²) in [6.07, 6.45) is 0.525. The average Bonchev–Trinajstić information content (AvgIpc) is 2.74. The molecular formula is C14H20N2O3. The highest BCUT2D eigenvalue weighted by atomic mass is 16.6. The number of hydrogen-bond donors (Lipinski definition) is 1. The van der Waals surface area contributed by atoms with Crippen molar-refractivity contribution in [2.75, 3.05) is 13.1 Å². The van der Waals surface area contributed by atoms with Crippen molar-refractivity contribution in [3.8, 4) is 0 Å². The van der Waals surface area contributed by atoms with E-state index in [0.29, 0.717) is 13.1 Å². The summed E-state index contributed by atoms with van der Waals surface area (Å²) in [6.45, 7) is 6.08. The molecule has 19 heavy (non-hydrogen) atoms. The van der Waals surface area contributed by atoms with Crippen molar-refractivity contribution in [1.82, 2.24) is 4.90 Å². The monoisotopic (exact) mass is 264 g/mol. The summed E-state index contributed by atoms with van der Waals surface area (Å²) in [7, 11) is 0. The lowest BCUT2D eigenvalue weighted by molar-refractivity contribution is -0.385. The van der Waals surface area contributed by atoms with E-state index in [-0.39, 0.29) is 22.6 Å². The number of nitro benzene ring substituents is 1. The molecule has 0 radical (unpaired) electrons. The third-order valence-corrected chi connectivity index (χ3v) is 3.57. The van der Waals surface area contributed by atoms with Crippen LogP contribution in [-0.4, -0.2) is 34.1 Å². The smallest absolute Gasteiger partial charge is 0.273 e. The number of hydrogen-bond acceptors (Lipinski definition) is 4. The molecule has 0 bridgehead atoms. The van der Waals surface area contributed by atoms with Crippen LogP contribution in [0.4, 0.5) is 5.69 Å². The molecule has 0 unspecified atom stereocenters. The molecule has 1 aliphatic rings. The summed E-state index contributed by atoms with van der Waals surface area (Å²) in [4.78, 5) is 12.9. The Labute approximate surface area is 113 Å². The number of rotatable bonds is 4. The van der Waals surface area contributed by atoms with Crippen LogP contribution in [0, 0.1) is 10.1 Å². The van der Waals surface area contributed by atoms with Crippen molar-refractivity contribution < 1.29 is 10.0 Å². The maximum atomic E-state index is 11.1. The van der Waals surface area contributed by atoms with E-state index < -0.39 is 0 Å². The van der Waals surface area contributed by atoms with Gasteiger partial charge in [-0.2, -0.15) is 0 Å². The number of nitro groups is 1. The van der Waals surface area contributed by atoms with Gasteiger partial charge in [-0.1, -0.05) is 26.0 Å². The number of nitrogens with zero attached hydrogens (tertiary/aromatic N) is 2. The van der Waals surface area contributed by atoms with E-state index in [1.807, 2.05) is 26.0 Å². The molecule has 0 aliphatic carbocycles. The molecule has 0 amide bonds. The zero-order valence-electron chi connectivity index (χ0n) is 11.4. The molecule has 5 nitrogen and oxygen atoms in total. The molecule has 1 N–H and O–H groups in total. The first-order valence-corrected chi connectivity index (χ1v) is 6.65. The third-order valence-electron chi connectivity index (χ3n) is 3.57. The van der Waals surface area contributed by atoms with Crippen LogP contribution >= 0.6 is 0 Å². The molecule has 2 rings (SSSR count). The van der Waals surface area contributed by atoms with Crippen molar-refractivity contribution in [1.29, 1.82) is 0 Å². The first-order chi connectivity index (χ1) is 8.97. The minimum atomic E-state index is -0.308. The van der Waals surface area contributed by atoms with Crippen molar-refractivity contribution in [3.63, 3.8) is 0 Å². The second-order valence-corrected chi connectivity index (χ2v) is 5.48. The van der Waals surface area contributed by atoms with E-state index in [2.05, 4.69) is 4.90 Å². The minimum absolute atomic E-state index is 0.142. The lowest BCUT2D eigenvalue weighted by Crippen LogP contribution is -2.21. The van der Waals surface area contributed by atoms with Gasteiger partial charge in [0.05, 0.1) is 11.0 Å². The van der Waals surface area contributed by atoms with Gasteiger partial charge in [-0.3, -0.25) is 15.0 Å². The molecule has 0 saturated carbocycles. The highest BCUT2D eigenvalue weighted by molar-refractivity contribution is 5.45. The average molecular weight is 264 g/mol. The van der Waals surface area contributed by atoms with Gasteiger partial charge >= 0.3 is 0 Å². The minimum Gasteiger partial charge on any atom is -0.392 e. The molecule has 1 aromatic rings. The van der Waals surface area contributed by atoms with Gasteiger partial charge in [-0.25, -0.2) is 0 Å². The van der Waals surface area contributed by atoms with Gasteiger partial charge in [-0.15, -0.1) is 0 Å². The van der Waals surface area contributed by atoms with Crippen LogP contribution < -0.4 is 0 Å². The molecule has 1 aromatic carbocycles. The Morgan fingerprint density at radius 1 is 1.53 bits per heavy atom. The molecule has 1 heterocycles. The molecule has 0 aromatic heterocycles. The summed E-state index contributed by atoms with van der Waals surface area (Å²) in [5.74, 6) is 0.142. The van der Waals surface area contributed by atoms with Crippen LogP contribution in [0.15, 0.2) is 18.2 Å². The van der Waals surface area contributed by atoms with Gasteiger partial charge in [-0.05, 0) is 17.9 Å². The van der Waals surface area contributed by atoms with Gasteiger partial charge in [0.2, 0.25) is 0 Å². The summed E-state index contributed by atoms with van der Waals surface area (Å²) in [5, 5.41) is 20.6. The van der Waals surface area contributed by atoms with Crippen LogP contribution in [0.3, 0.4) is 0 Å². The molecule has 0 spiro atoms. The SMILES string of the molecule is CC(C)c1ccc(CN2CC[C@@H](O)C2)cc1[N+](=O)[O-]. The maximum Gasteiger partial charge on any atom is 0.273 e. The topological polar surface area (TPSA) is 66.6 Å². The zero-order valence-corrected chi connectivity index (χ0v) is 11.4. The number of benzene rings is 1. The normalized spacial score (nSPS) is 20.1. The Balaban J connectivity index is 2.18. The molecule has 5 heteroatoms. The Morgan fingerprint density at radius 2 is 2.26 bits per heavy atom. The highest BCUT2D eigenvalue weighted by Crippen LogP contribution is 2.28. The van der Waals surface area contributed by atoms with E-state index in [1.165, 1.54) is 0 Å². The molecule has 1 saturated heterocycles. The van der Waals surface area contributed by atoms with Gasteiger partial charge in [0.15, 0.2) is 0 Å². The zero-order chi connectivity index (χ0) is 14.0. The Morgan fingerprint density at radius 3 is 2.79 bits per heavy atom. The standard InChI is InChI=1S/C14H20N2O3/c1-10(2)13-4-3-11(7-14(13)16(18)19)8-15-6-5-12(17)9-15/h3-4,7,10,12,17H,5-6,8-9H2,1-2H3/t12-/m1/s1. The predicted octanol–water partition coefficient (Wildman–Crippen LogP) is 2.28. The molecule has 1 atom stereocenters. The summed E-state index contributed by atoms with van der Waals surface area (Å²) < 4.78 is 0.